The van der Waals surface area contributed by atoms with Crippen LogP contribution < -0.4 is 23.5 Å². The largest absolute Gasteiger partial charge is 1.00 e. The van der Waals surface area contributed by atoms with Crippen molar-refractivity contribution in [1.82, 2.24) is 0 Å². The van der Waals surface area contributed by atoms with Crippen LogP contribution >= 0.6 is 0 Å². The molecule has 1 aromatic carbocycles. The molecule has 4 N–H and O–H groups in total. The number of anilines is 1. The zero-order valence-electron chi connectivity index (χ0n) is 15.3. The van der Waals surface area contributed by atoms with Gasteiger partial charge in [-0.2, -0.15) is 0 Å². The van der Waals surface area contributed by atoms with E-state index in [2.05, 4.69) is 19.2 Å². The molecule has 0 aliphatic carbocycles. The van der Waals surface area contributed by atoms with Crippen LogP contribution in [0.15, 0.2) is 24.3 Å². The van der Waals surface area contributed by atoms with Crippen molar-refractivity contribution in [2.75, 3.05) is 12.3 Å². The topological polar surface area (TPSA) is 68.9 Å². The van der Waals surface area contributed by atoms with E-state index >= 15 is 0 Å². The standard InChI is InChI=1S/C19H32N2O2.ClH/c1-4-6-8-18(9-7-5-2)21-14-15(3)23-19(22)16-10-12-17(20)13-11-16;/h10-13,15,18,21H,4-9,14,20H2,1-3H3;1H. The van der Waals surface area contributed by atoms with E-state index in [-0.39, 0.29) is 24.5 Å². The van der Waals surface area contributed by atoms with E-state index in [1.807, 2.05) is 6.92 Å². The summed E-state index contributed by atoms with van der Waals surface area (Å²) in [4.78, 5) is 12.1. The SMILES string of the molecule is CCCCC(CCCC)[NH2+]CC(C)OC(=O)c1ccc(N)cc1.[Cl-]. The van der Waals surface area contributed by atoms with Crippen LogP contribution in [0.2, 0.25) is 0 Å². The maximum absolute atomic E-state index is 12.1. The van der Waals surface area contributed by atoms with Gasteiger partial charge in [0, 0.05) is 5.69 Å². The second-order valence-corrected chi connectivity index (χ2v) is 6.35. The highest BCUT2D eigenvalue weighted by Crippen LogP contribution is 2.08. The fourth-order valence-electron chi connectivity index (χ4n) is 2.61. The van der Waals surface area contributed by atoms with Crippen LogP contribution in [-0.4, -0.2) is 24.7 Å². The highest BCUT2D eigenvalue weighted by Gasteiger charge is 2.16. The molecule has 0 amide bonds. The normalized spacial score (nSPS) is 11.8. The number of esters is 1. The summed E-state index contributed by atoms with van der Waals surface area (Å²) in [7, 11) is 0. The average molecular weight is 357 g/mol. The summed E-state index contributed by atoms with van der Waals surface area (Å²) >= 11 is 0. The first kappa shape index (κ1) is 22.7. The number of rotatable bonds is 11. The molecule has 0 saturated heterocycles. The molecule has 1 rings (SSSR count). The Morgan fingerprint density at radius 3 is 2.17 bits per heavy atom. The lowest BCUT2D eigenvalue weighted by molar-refractivity contribution is -0.695. The van der Waals surface area contributed by atoms with Crippen LogP contribution in [0.5, 0.6) is 0 Å². The maximum atomic E-state index is 12.1. The number of halogens is 1. The van der Waals surface area contributed by atoms with Crippen LogP contribution in [0.4, 0.5) is 5.69 Å². The molecule has 0 heterocycles. The van der Waals surface area contributed by atoms with Gasteiger partial charge in [-0.05, 0) is 56.9 Å². The summed E-state index contributed by atoms with van der Waals surface area (Å²) < 4.78 is 5.52. The molecule has 138 valence electrons. The van der Waals surface area contributed by atoms with Crippen LogP contribution in [0.25, 0.3) is 0 Å². The van der Waals surface area contributed by atoms with Gasteiger partial charge in [-0.3, -0.25) is 0 Å². The van der Waals surface area contributed by atoms with Crippen molar-refractivity contribution < 1.29 is 27.3 Å². The van der Waals surface area contributed by atoms with Gasteiger partial charge in [0.1, 0.15) is 12.6 Å². The number of unbranched alkanes of at least 4 members (excludes halogenated alkanes) is 2. The summed E-state index contributed by atoms with van der Waals surface area (Å²) in [6.07, 6.45) is 7.40. The predicted octanol–water partition coefficient (Wildman–Crippen LogP) is 0.131. The summed E-state index contributed by atoms with van der Waals surface area (Å²) in [5.41, 5.74) is 6.84. The lowest BCUT2D eigenvalue weighted by atomic mass is 10.0. The van der Waals surface area contributed by atoms with Crippen molar-refractivity contribution in [3.63, 3.8) is 0 Å². The van der Waals surface area contributed by atoms with Crippen molar-refractivity contribution >= 4 is 11.7 Å². The number of carbonyl (C=O) groups is 1. The molecule has 4 nitrogen and oxygen atoms in total. The molecule has 0 fully saturated rings. The quantitative estimate of drug-likeness (QED) is 0.437. The minimum absolute atomic E-state index is 0. The first-order chi connectivity index (χ1) is 11.1. The highest BCUT2D eigenvalue weighted by atomic mass is 35.5. The number of quaternary nitrogens is 1. The summed E-state index contributed by atoms with van der Waals surface area (Å²) in [6, 6.07) is 7.50. The van der Waals surface area contributed by atoms with Gasteiger partial charge in [-0.15, -0.1) is 0 Å². The molecule has 0 aliphatic heterocycles. The van der Waals surface area contributed by atoms with Crippen molar-refractivity contribution in [2.24, 2.45) is 0 Å². The van der Waals surface area contributed by atoms with Crippen molar-refractivity contribution in [3.8, 4) is 0 Å². The lowest BCUT2D eigenvalue weighted by Gasteiger charge is -2.18. The first-order valence-corrected chi connectivity index (χ1v) is 8.96. The average Bonchev–Trinajstić information content (AvgIpc) is 2.54. The van der Waals surface area contributed by atoms with Crippen molar-refractivity contribution in [3.05, 3.63) is 29.8 Å². The third kappa shape index (κ3) is 9.14. The molecule has 24 heavy (non-hydrogen) atoms. The summed E-state index contributed by atoms with van der Waals surface area (Å²) in [5, 5.41) is 2.35. The van der Waals surface area contributed by atoms with Gasteiger partial charge in [-0.1, -0.05) is 26.7 Å². The Balaban J connectivity index is 0.00000529. The van der Waals surface area contributed by atoms with Gasteiger partial charge in [0.2, 0.25) is 0 Å². The second-order valence-electron chi connectivity index (χ2n) is 6.35. The van der Waals surface area contributed by atoms with Gasteiger partial charge >= 0.3 is 5.97 Å². The lowest BCUT2D eigenvalue weighted by Crippen LogP contribution is -3.00. The number of benzene rings is 1. The number of nitrogens with two attached hydrogens (primary N) is 2. The van der Waals surface area contributed by atoms with Crippen LogP contribution in [-0.2, 0) is 4.74 Å². The van der Waals surface area contributed by atoms with E-state index in [9.17, 15) is 4.79 Å². The predicted molar refractivity (Wildman–Crippen MR) is 95.4 cm³/mol. The van der Waals surface area contributed by atoms with Crippen molar-refractivity contribution in [1.29, 1.82) is 0 Å². The molecule has 1 atom stereocenters. The molecule has 0 saturated carbocycles. The Hall–Kier alpha value is -1.26. The molecule has 1 unspecified atom stereocenters. The first-order valence-electron chi connectivity index (χ1n) is 8.96. The zero-order valence-corrected chi connectivity index (χ0v) is 16.0. The van der Waals surface area contributed by atoms with Gasteiger partial charge in [0.15, 0.2) is 0 Å². The Morgan fingerprint density at radius 2 is 1.67 bits per heavy atom. The van der Waals surface area contributed by atoms with Crippen molar-refractivity contribution in [2.45, 2.75) is 71.4 Å². The van der Waals surface area contributed by atoms with E-state index < -0.39 is 0 Å². The van der Waals surface area contributed by atoms with Gasteiger partial charge in [-0.25, -0.2) is 4.79 Å². The van der Waals surface area contributed by atoms with E-state index in [4.69, 9.17) is 10.5 Å². The molecular formula is C19H33ClN2O2. The van der Waals surface area contributed by atoms with Crippen LogP contribution in [0.3, 0.4) is 0 Å². The molecule has 0 bridgehead atoms. The van der Waals surface area contributed by atoms with E-state index in [0.717, 1.165) is 6.54 Å². The third-order valence-corrected chi connectivity index (χ3v) is 4.11. The smallest absolute Gasteiger partial charge is 0.338 e. The minimum Gasteiger partial charge on any atom is -1.00 e. The molecule has 0 aromatic heterocycles. The number of carbonyl (C=O) groups excluding carboxylic acids is 1. The third-order valence-electron chi connectivity index (χ3n) is 4.11. The van der Waals surface area contributed by atoms with Gasteiger partial charge in [0.05, 0.1) is 11.6 Å². The molecule has 0 spiro atoms. The van der Waals surface area contributed by atoms with Gasteiger partial charge in [0.25, 0.3) is 0 Å². The fourth-order valence-corrected chi connectivity index (χ4v) is 2.61. The number of ether oxygens (including phenoxy) is 1. The monoisotopic (exact) mass is 356 g/mol. The fraction of sp³-hybridized carbons (Fsp3) is 0.632. The minimum atomic E-state index is -0.274. The molecule has 1 aromatic rings. The number of nitrogen functional groups attached to an aromatic ring is 1. The highest BCUT2D eigenvalue weighted by molar-refractivity contribution is 5.89. The van der Waals surface area contributed by atoms with E-state index in [0.29, 0.717) is 17.3 Å². The zero-order chi connectivity index (χ0) is 17.1. The Labute approximate surface area is 152 Å². The molecular weight excluding hydrogens is 324 g/mol. The van der Waals surface area contributed by atoms with E-state index in [1.54, 1.807) is 24.3 Å². The molecule has 0 radical (unpaired) electrons. The Kier molecular flexibility index (Phi) is 12.4. The van der Waals surface area contributed by atoms with Gasteiger partial charge < -0.3 is 28.2 Å². The number of hydrogen-bond acceptors (Lipinski definition) is 3. The maximum Gasteiger partial charge on any atom is 0.338 e. The second kappa shape index (κ2) is 13.1. The summed E-state index contributed by atoms with van der Waals surface area (Å²) in [6.45, 7) is 7.24. The molecule has 0 aliphatic rings. The van der Waals surface area contributed by atoms with Crippen LogP contribution in [0, 0.1) is 0 Å². The number of hydrogen-bond donors (Lipinski definition) is 2. The Morgan fingerprint density at radius 1 is 1.12 bits per heavy atom. The van der Waals surface area contributed by atoms with Crippen LogP contribution in [0.1, 0.15) is 69.7 Å². The van der Waals surface area contributed by atoms with E-state index in [1.165, 1.54) is 38.5 Å². The molecule has 5 heteroatoms. The Bertz CT molecular complexity index is 443. The summed E-state index contributed by atoms with van der Waals surface area (Å²) in [5.74, 6) is -0.274.